The van der Waals surface area contributed by atoms with Crippen LogP contribution in [-0.4, -0.2) is 28.7 Å². The van der Waals surface area contributed by atoms with E-state index in [4.69, 9.17) is 10.5 Å². The summed E-state index contributed by atoms with van der Waals surface area (Å²) >= 11 is 0. The maximum atomic E-state index is 11.7. The van der Waals surface area contributed by atoms with Gasteiger partial charge in [0.05, 0.1) is 40.8 Å². The van der Waals surface area contributed by atoms with Gasteiger partial charge in [0, 0.05) is 6.61 Å². The molecule has 1 saturated heterocycles. The van der Waals surface area contributed by atoms with Gasteiger partial charge >= 0.3 is 0 Å². The highest BCUT2D eigenvalue weighted by Gasteiger charge is 2.40. The third-order valence-electron chi connectivity index (χ3n) is 4.38. The summed E-state index contributed by atoms with van der Waals surface area (Å²) in [5, 5.41) is 4.01. The molecule has 0 bridgehead atoms. The lowest BCUT2D eigenvalue weighted by Gasteiger charge is -2.21. The first kappa shape index (κ1) is 12.6. The quantitative estimate of drug-likeness (QED) is 0.743. The molecule has 1 aromatic heterocycles. The van der Waals surface area contributed by atoms with E-state index in [0.29, 0.717) is 28.6 Å². The maximum Gasteiger partial charge on any atom is 0.258 e. The largest absolute Gasteiger partial charge is 0.397 e. The predicted molar refractivity (Wildman–Crippen MR) is 81.3 cm³/mol. The van der Waals surface area contributed by atoms with Crippen molar-refractivity contribution in [3.8, 4) is 0 Å². The molecule has 1 aliphatic heterocycles. The van der Waals surface area contributed by atoms with Gasteiger partial charge in [0.15, 0.2) is 0 Å². The molecule has 6 nitrogen and oxygen atoms in total. The van der Waals surface area contributed by atoms with Crippen LogP contribution in [0.3, 0.4) is 0 Å². The van der Waals surface area contributed by atoms with E-state index in [1.165, 1.54) is 19.2 Å². The first-order valence-electron chi connectivity index (χ1n) is 7.37. The molecule has 4 N–H and O–H groups in total. The van der Waals surface area contributed by atoms with Gasteiger partial charge in [-0.1, -0.05) is 0 Å². The van der Waals surface area contributed by atoms with Crippen LogP contribution < -0.4 is 16.6 Å². The molecule has 2 fully saturated rings. The van der Waals surface area contributed by atoms with E-state index in [0.717, 1.165) is 18.7 Å². The molecule has 0 spiro atoms. The normalized spacial score (nSPS) is 25.3. The van der Waals surface area contributed by atoms with Crippen molar-refractivity contribution >= 4 is 22.3 Å². The molecule has 1 saturated carbocycles. The number of H-pyrrole nitrogens is 1. The van der Waals surface area contributed by atoms with Crippen molar-refractivity contribution < 1.29 is 4.74 Å². The smallest absolute Gasteiger partial charge is 0.258 e. The Labute approximate surface area is 121 Å². The van der Waals surface area contributed by atoms with Crippen LogP contribution in [0.5, 0.6) is 0 Å². The highest BCUT2D eigenvalue weighted by atomic mass is 16.5. The van der Waals surface area contributed by atoms with Crippen LogP contribution in [0.25, 0.3) is 10.9 Å². The summed E-state index contributed by atoms with van der Waals surface area (Å²) in [6, 6.07) is 3.83. The second-order valence-electron chi connectivity index (χ2n) is 5.90. The van der Waals surface area contributed by atoms with Crippen LogP contribution in [0.4, 0.5) is 11.4 Å². The minimum atomic E-state index is -0.168. The fraction of sp³-hybridized carbons (Fsp3) is 0.467. The van der Waals surface area contributed by atoms with Crippen LogP contribution in [0.1, 0.15) is 19.3 Å². The molecular weight excluding hydrogens is 268 g/mol. The molecule has 2 aromatic rings. The highest BCUT2D eigenvalue weighted by molar-refractivity contribution is 5.88. The molecule has 0 radical (unpaired) electrons. The molecule has 1 aliphatic carbocycles. The number of nitrogens with one attached hydrogen (secondary N) is 2. The third kappa shape index (κ3) is 2.25. The Morgan fingerprint density at radius 2 is 2.19 bits per heavy atom. The first-order chi connectivity index (χ1) is 10.2. The zero-order valence-corrected chi connectivity index (χ0v) is 11.6. The van der Waals surface area contributed by atoms with Crippen molar-refractivity contribution in [2.75, 3.05) is 17.7 Å². The van der Waals surface area contributed by atoms with Gasteiger partial charge in [-0.15, -0.1) is 0 Å². The van der Waals surface area contributed by atoms with E-state index < -0.39 is 0 Å². The van der Waals surface area contributed by atoms with Crippen LogP contribution in [0, 0.1) is 5.92 Å². The Kier molecular flexibility index (Phi) is 2.85. The molecule has 2 aliphatic rings. The molecule has 21 heavy (non-hydrogen) atoms. The maximum absolute atomic E-state index is 11.7. The van der Waals surface area contributed by atoms with Crippen LogP contribution in [0.15, 0.2) is 23.3 Å². The highest BCUT2D eigenvalue weighted by Crippen LogP contribution is 2.40. The average molecular weight is 286 g/mol. The Bertz CT molecular complexity index is 738. The fourth-order valence-electron chi connectivity index (χ4n) is 3.11. The van der Waals surface area contributed by atoms with E-state index in [1.807, 2.05) is 6.07 Å². The van der Waals surface area contributed by atoms with Gasteiger partial charge in [-0.05, 0) is 37.3 Å². The van der Waals surface area contributed by atoms with E-state index in [1.54, 1.807) is 6.07 Å². The summed E-state index contributed by atoms with van der Waals surface area (Å²) in [4.78, 5) is 18.5. The van der Waals surface area contributed by atoms with Gasteiger partial charge in [-0.2, -0.15) is 0 Å². The number of rotatable bonds is 3. The van der Waals surface area contributed by atoms with E-state index in [-0.39, 0.29) is 11.7 Å². The standard InChI is InChI=1S/C15H18N4O2/c16-10-5-9-12(17-7-18-15(9)20)6-13(10)19-11-3-4-21-14(11)8-1-2-8/h5-8,11,14,19H,1-4,16H2,(H,17,18,20). The molecule has 2 atom stereocenters. The molecule has 2 heterocycles. The molecule has 0 amide bonds. The Balaban J connectivity index is 1.66. The van der Waals surface area contributed by atoms with E-state index >= 15 is 0 Å². The summed E-state index contributed by atoms with van der Waals surface area (Å²) in [6.07, 6.45) is 5.20. The summed E-state index contributed by atoms with van der Waals surface area (Å²) in [7, 11) is 0. The van der Waals surface area contributed by atoms with Crippen molar-refractivity contribution in [3.63, 3.8) is 0 Å². The number of aromatic nitrogens is 2. The molecule has 1 aromatic carbocycles. The molecular formula is C15H18N4O2. The van der Waals surface area contributed by atoms with Gasteiger partial charge in [0.1, 0.15) is 0 Å². The molecule has 4 rings (SSSR count). The summed E-state index contributed by atoms with van der Waals surface area (Å²) < 4.78 is 5.83. The number of hydrogen-bond donors (Lipinski definition) is 3. The molecule has 110 valence electrons. The monoisotopic (exact) mass is 286 g/mol. The summed E-state index contributed by atoms with van der Waals surface area (Å²) in [5.74, 6) is 0.688. The second-order valence-corrected chi connectivity index (χ2v) is 5.90. The number of fused-ring (bicyclic) bond motifs is 1. The number of nitrogen functional groups attached to an aromatic ring is 1. The Morgan fingerprint density at radius 3 is 3.00 bits per heavy atom. The summed E-state index contributed by atoms with van der Waals surface area (Å²) in [6.45, 7) is 0.796. The van der Waals surface area contributed by atoms with Gasteiger partial charge in [-0.25, -0.2) is 4.98 Å². The lowest BCUT2D eigenvalue weighted by Crippen LogP contribution is -2.31. The second kappa shape index (κ2) is 4.73. The van der Waals surface area contributed by atoms with Crippen molar-refractivity contribution in [1.82, 2.24) is 9.97 Å². The minimum Gasteiger partial charge on any atom is -0.397 e. The number of hydrogen-bond acceptors (Lipinski definition) is 5. The van der Waals surface area contributed by atoms with Crippen molar-refractivity contribution in [2.24, 2.45) is 5.92 Å². The lowest BCUT2D eigenvalue weighted by atomic mass is 10.1. The number of benzene rings is 1. The number of ether oxygens (including phenoxy) is 1. The predicted octanol–water partition coefficient (Wildman–Crippen LogP) is 1.48. The van der Waals surface area contributed by atoms with E-state index in [9.17, 15) is 4.79 Å². The zero-order chi connectivity index (χ0) is 14.4. The van der Waals surface area contributed by atoms with Crippen LogP contribution in [-0.2, 0) is 4.74 Å². The third-order valence-corrected chi connectivity index (χ3v) is 4.38. The number of nitrogens with two attached hydrogens (primary N) is 1. The topological polar surface area (TPSA) is 93.0 Å². The molecule has 2 unspecified atom stereocenters. The van der Waals surface area contributed by atoms with Crippen molar-refractivity contribution in [2.45, 2.75) is 31.4 Å². The average Bonchev–Trinajstić information content (AvgIpc) is 3.21. The number of anilines is 2. The number of nitrogens with zero attached hydrogens (tertiary/aromatic N) is 1. The van der Waals surface area contributed by atoms with Gasteiger partial charge in [-0.3, -0.25) is 4.79 Å². The first-order valence-corrected chi connectivity index (χ1v) is 7.37. The Morgan fingerprint density at radius 1 is 1.33 bits per heavy atom. The number of aromatic amines is 1. The van der Waals surface area contributed by atoms with Gasteiger partial charge in [0.25, 0.3) is 5.56 Å². The van der Waals surface area contributed by atoms with Crippen LogP contribution >= 0.6 is 0 Å². The SMILES string of the molecule is Nc1cc2c(=O)[nH]cnc2cc1NC1CCOC1C1CC1. The lowest BCUT2D eigenvalue weighted by molar-refractivity contribution is 0.0898. The van der Waals surface area contributed by atoms with Crippen LogP contribution in [0.2, 0.25) is 0 Å². The Hall–Kier alpha value is -2.08. The zero-order valence-electron chi connectivity index (χ0n) is 11.6. The van der Waals surface area contributed by atoms with Crippen molar-refractivity contribution in [1.29, 1.82) is 0 Å². The van der Waals surface area contributed by atoms with Gasteiger partial charge in [0.2, 0.25) is 0 Å². The van der Waals surface area contributed by atoms with Gasteiger partial charge < -0.3 is 20.8 Å². The molecule has 6 heteroatoms. The van der Waals surface area contributed by atoms with E-state index in [2.05, 4.69) is 15.3 Å². The fourth-order valence-corrected chi connectivity index (χ4v) is 3.11. The van der Waals surface area contributed by atoms with Crippen molar-refractivity contribution in [3.05, 3.63) is 28.8 Å². The summed E-state index contributed by atoms with van der Waals surface area (Å²) in [5.41, 5.74) is 7.98. The minimum absolute atomic E-state index is 0.168.